The molecule has 5 heteroatoms. The summed E-state index contributed by atoms with van der Waals surface area (Å²) in [6.07, 6.45) is 2.02. The van der Waals surface area contributed by atoms with Crippen molar-refractivity contribution in [1.82, 2.24) is 9.88 Å². The highest BCUT2D eigenvalue weighted by molar-refractivity contribution is 7.09. The third kappa shape index (κ3) is 2.60. The Morgan fingerprint density at radius 2 is 2.08 bits per heavy atom. The molecule has 1 unspecified atom stereocenters. The van der Waals surface area contributed by atoms with Gasteiger partial charge in [0.1, 0.15) is 10.7 Å². The Labute approximate surface area is 144 Å². The van der Waals surface area contributed by atoms with Crippen LogP contribution in [0.1, 0.15) is 39.9 Å². The number of carbonyl (C=O) groups is 1. The maximum absolute atomic E-state index is 12.9. The zero-order valence-electron chi connectivity index (χ0n) is 13.3. The molecule has 4 rings (SSSR count). The number of benzene rings is 2. The van der Waals surface area contributed by atoms with Crippen LogP contribution in [0.15, 0.2) is 47.8 Å². The fourth-order valence-electron chi connectivity index (χ4n) is 3.52. The zero-order chi connectivity index (χ0) is 16.5. The fraction of sp³-hybridized carbons (Fsp3) is 0.263. The molecule has 0 saturated carbocycles. The van der Waals surface area contributed by atoms with Gasteiger partial charge in [-0.15, -0.1) is 11.3 Å². The molecule has 0 spiro atoms. The van der Waals surface area contributed by atoms with Gasteiger partial charge in [-0.25, -0.2) is 4.98 Å². The number of nitrogens with zero attached hydrogens (tertiary/aromatic N) is 2. The van der Waals surface area contributed by atoms with E-state index in [9.17, 15) is 4.79 Å². The fourth-order valence-corrected chi connectivity index (χ4v) is 4.17. The summed E-state index contributed by atoms with van der Waals surface area (Å²) in [5.41, 5.74) is 7.37. The van der Waals surface area contributed by atoms with Crippen molar-refractivity contribution in [3.05, 3.63) is 64.1 Å². The number of hydrogen-bond acceptors (Lipinski definition) is 4. The van der Waals surface area contributed by atoms with Gasteiger partial charge in [-0.3, -0.25) is 4.79 Å². The summed E-state index contributed by atoms with van der Waals surface area (Å²) in [7, 11) is 0. The molecule has 122 valence electrons. The van der Waals surface area contributed by atoms with Gasteiger partial charge in [0, 0.05) is 18.5 Å². The zero-order valence-corrected chi connectivity index (χ0v) is 14.1. The van der Waals surface area contributed by atoms with Crippen LogP contribution >= 0.6 is 11.3 Å². The quantitative estimate of drug-likeness (QED) is 0.792. The van der Waals surface area contributed by atoms with Gasteiger partial charge in [0.2, 0.25) is 0 Å². The monoisotopic (exact) mass is 337 g/mol. The van der Waals surface area contributed by atoms with Crippen molar-refractivity contribution in [2.45, 2.75) is 25.4 Å². The normalized spacial score (nSPS) is 17.5. The minimum absolute atomic E-state index is 0.0152. The van der Waals surface area contributed by atoms with Crippen LogP contribution in [0.25, 0.3) is 10.8 Å². The molecule has 1 atom stereocenters. The molecule has 24 heavy (non-hydrogen) atoms. The van der Waals surface area contributed by atoms with Gasteiger partial charge >= 0.3 is 0 Å². The van der Waals surface area contributed by atoms with Gasteiger partial charge in [-0.2, -0.15) is 0 Å². The van der Waals surface area contributed by atoms with Crippen molar-refractivity contribution in [3.63, 3.8) is 0 Å². The van der Waals surface area contributed by atoms with Crippen LogP contribution in [0.5, 0.6) is 0 Å². The molecule has 2 N–H and O–H groups in total. The number of fused-ring (bicyclic) bond motifs is 1. The van der Waals surface area contributed by atoms with E-state index in [0.29, 0.717) is 12.2 Å². The predicted octanol–water partition coefficient (Wildman–Crippen LogP) is 3.73. The lowest BCUT2D eigenvalue weighted by atomic mass is 9.97. The molecule has 3 aromatic rings. The Morgan fingerprint density at radius 3 is 2.92 bits per heavy atom. The van der Waals surface area contributed by atoms with E-state index in [-0.39, 0.29) is 11.9 Å². The average molecular weight is 337 g/mol. The molecule has 1 aliphatic rings. The number of amides is 1. The number of rotatable bonds is 3. The predicted molar refractivity (Wildman–Crippen MR) is 97.0 cm³/mol. The van der Waals surface area contributed by atoms with Crippen LogP contribution in [0, 0.1) is 0 Å². The van der Waals surface area contributed by atoms with Gasteiger partial charge in [0.15, 0.2) is 0 Å². The second kappa shape index (κ2) is 6.34. The minimum atomic E-state index is 0.0152. The summed E-state index contributed by atoms with van der Waals surface area (Å²) in [5.74, 6) is 0.0152. The SMILES string of the molecule is NCc1nc(C(=O)N2CCCC2c2cccc3ccccc23)cs1. The van der Waals surface area contributed by atoms with E-state index in [1.165, 1.54) is 27.7 Å². The molecule has 1 aromatic heterocycles. The maximum Gasteiger partial charge on any atom is 0.273 e. The van der Waals surface area contributed by atoms with Crippen molar-refractivity contribution in [3.8, 4) is 0 Å². The van der Waals surface area contributed by atoms with Crippen LogP contribution in [-0.2, 0) is 6.54 Å². The van der Waals surface area contributed by atoms with Crippen LogP contribution < -0.4 is 5.73 Å². The molecule has 1 amide bonds. The molecule has 1 aliphatic heterocycles. The molecule has 4 nitrogen and oxygen atoms in total. The first-order chi connectivity index (χ1) is 11.8. The first-order valence-electron chi connectivity index (χ1n) is 8.21. The highest BCUT2D eigenvalue weighted by Crippen LogP contribution is 2.36. The lowest BCUT2D eigenvalue weighted by Gasteiger charge is -2.25. The minimum Gasteiger partial charge on any atom is -0.330 e. The summed E-state index contributed by atoms with van der Waals surface area (Å²) < 4.78 is 0. The van der Waals surface area contributed by atoms with Crippen LogP contribution in [0.4, 0.5) is 0 Å². The molecule has 2 heterocycles. The van der Waals surface area contributed by atoms with Crippen molar-refractivity contribution in [1.29, 1.82) is 0 Å². The Bertz CT molecular complexity index is 884. The molecule has 2 aromatic carbocycles. The topological polar surface area (TPSA) is 59.2 Å². The van der Waals surface area contributed by atoms with Crippen molar-refractivity contribution in [2.75, 3.05) is 6.54 Å². The van der Waals surface area contributed by atoms with Gasteiger partial charge in [0.25, 0.3) is 5.91 Å². The first kappa shape index (κ1) is 15.3. The lowest BCUT2D eigenvalue weighted by Crippen LogP contribution is -2.31. The van der Waals surface area contributed by atoms with E-state index in [1.54, 1.807) is 0 Å². The largest absolute Gasteiger partial charge is 0.330 e. The number of likely N-dealkylation sites (tertiary alicyclic amines) is 1. The van der Waals surface area contributed by atoms with Gasteiger partial charge in [-0.1, -0.05) is 42.5 Å². The highest BCUT2D eigenvalue weighted by atomic mass is 32.1. The van der Waals surface area contributed by atoms with E-state index in [1.807, 2.05) is 16.3 Å². The van der Waals surface area contributed by atoms with Crippen molar-refractivity contribution >= 4 is 28.0 Å². The summed E-state index contributed by atoms with van der Waals surface area (Å²) in [6, 6.07) is 14.8. The first-order valence-corrected chi connectivity index (χ1v) is 9.09. The summed E-state index contributed by atoms with van der Waals surface area (Å²) in [6.45, 7) is 1.16. The molecular formula is C19H19N3OS. The number of carbonyl (C=O) groups excluding carboxylic acids is 1. The van der Waals surface area contributed by atoms with E-state index in [4.69, 9.17) is 5.73 Å². The Kier molecular flexibility index (Phi) is 4.04. The van der Waals surface area contributed by atoms with E-state index >= 15 is 0 Å². The van der Waals surface area contributed by atoms with E-state index in [0.717, 1.165) is 24.4 Å². The second-order valence-electron chi connectivity index (χ2n) is 6.06. The molecule has 1 fully saturated rings. The van der Waals surface area contributed by atoms with Crippen molar-refractivity contribution in [2.24, 2.45) is 5.73 Å². The summed E-state index contributed by atoms with van der Waals surface area (Å²) >= 11 is 1.45. The Balaban J connectivity index is 1.70. The number of aromatic nitrogens is 1. The average Bonchev–Trinajstić information content (AvgIpc) is 3.30. The molecule has 0 bridgehead atoms. The second-order valence-corrected chi connectivity index (χ2v) is 7.00. The van der Waals surface area contributed by atoms with Gasteiger partial charge in [0.05, 0.1) is 6.04 Å². The van der Waals surface area contributed by atoms with E-state index < -0.39 is 0 Å². The Hall–Kier alpha value is -2.24. The molecular weight excluding hydrogens is 318 g/mol. The third-order valence-corrected chi connectivity index (χ3v) is 5.51. The number of nitrogens with two attached hydrogens (primary N) is 1. The van der Waals surface area contributed by atoms with Crippen LogP contribution in [0.2, 0.25) is 0 Å². The highest BCUT2D eigenvalue weighted by Gasteiger charge is 2.32. The molecule has 0 aliphatic carbocycles. The third-order valence-electron chi connectivity index (χ3n) is 4.64. The molecule has 1 saturated heterocycles. The van der Waals surface area contributed by atoms with Crippen LogP contribution in [-0.4, -0.2) is 22.3 Å². The van der Waals surface area contributed by atoms with Crippen molar-refractivity contribution < 1.29 is 4.79 Å². The smallest absolute Gasteiger partial charge is 0.273 e. The Morgan fingerprint density at radius 1 is 1.25 bits per heavy atom. The maximum atomic E-state index is 12.9. The van der Waals surface area contributed by atoms with Crippen LogP contribution in [0.3, 0.4) is 0 Å². The summed E-state index contributed by atoms with van der Waals surface area (Å²) in [5, 5.41) is 5.07. The molecule has 0 radical (unpaired) electrons. The van der Waals surface area contributed by atoms with Gasteiger partial charge in [-0.05, 0) is 29.2 Å². The van der Waals surface area contributed by atoms with E-state index in [2.05, 4.69) is 41.4 Å². The summed E-state index contributed by atoms with van der Waals surface area (Å²) in [4.78, 5) is 19.3. The number of thiazole rings is 1. The number of hydrogen-bond donors (Lipinski definition) is 1. The lowest BCUT2D eigenvalue weighted by molar-refractivity contribution is 0.0731. The van der Waals surface area contributed by atoms with Gasteiger partial charge < -0.3 is 10.6 Å². The standard InChI is InChI=1S/C19H19N3OS/c20-11-18-21-16(12-24-18)19(23)22-10-4-9-17(22)15-8-3-6-13-5-1-2-7-14(13)15/h1-3,5-8,12,17H,4,9-11,20H2.